The van der Waals surface area contributed by atoms with E-state index in [4.69, 9.17) is 4.74 Å². The maximum Gasteiger partial charge on any atom is 0.410 e. The molecular weight excluding hydrogens is 400 g/mol. The van der Waals surface area contributed by atoms with Gasteiger partial charge in [-0.1, -0.05) is 23.4 Å². The fourth-order valence-electron chi connectivity index (χ4n) is 3.61. The van der Waals surface area contributed by atoms with Gasteiger partial charge in [-0.2, -0.15) is 4.68 Å². The Morgan fingerprint density at radius 3 is 2.52 bits per heavy atom. The zero-order valence-corrected chi connectivity index (χ0v) is 17.9. The molecule has 0 bridgehead atoms. The Morgan fingerprint density at radius 2 is 1.87 bits per heavy atom. The van der Waals surface area contributed by atoms with Crippen LogP contribution in [0.25, 0.3) is 16.9 Å². The van der Waals surface area contributed by atoms with E-state index in [2.05, 4.69) is 15.3 Å². The molecule has 3 aromatic rings. The third-order valence-corrected chi connectivity index (χ3v) is 5.24. The number of carbonyl (C=O) groups is 1. The van der Waals surface area contributed by atoms with E-state index in [-0.39, 0.29) is 17.6 Å². The van der Waals surface area contributed by atoms with E-state index in [1.54, 1.807) is 4.90 Å². The van der Waals surface area contributed by atoms with Gasteiger partial charge in [-0.15, -0.1) is 5.10 Å². The predicted molar refractivity (Wildman–Crippen MR) is 113 cm³/mol. The van der Waals surface area contributed by atoms with Crippen molar-refractivity contribution >= 4 is 17.3 Å². The molecule has 2 aromatic heterocycles. The van der Waals surface area contributed by atoms with Gasteiger partial charge in [-0.25, -0.2) is 9.78 Å². The Labute approximate surface area is 179 Å². The molecule has 1 aliphatic rings. The fourth-order valence-corrected chi connectivity index (χ4v) is 3.61. The Hall–Kier alpha value is -3.27. The van der Waals surface area contributed by atoms with Crippen LogP contribution in [0.5, 0.6) is 0 Å². The lowest BCUT2D eigenvalue weighted by atomic mass is 9.91. The van der Waals surface area contributed by atoms with Gasteiger partial charge < -0.3 is 14.7 Å². The number of hydrogen-bond acceptors (Lipinski definition) is 7. The zero-order chi connectivity index (χ0) is 22.2. The highest BCUT2D eigenvalue weighted by molar-refractivity contribution is 5.70. The van der Waals surface area contributed by atoms with E-state index in [1.807, 2.05) is 51.1 Å². The quantitative estimate of drug-likeness (QED) is 0.678. The van der Waals surface area contributed by atoms with Crippen LogP contribution in [0.4, 0.5) is 4.79 Å². The maximum absolute atomic E-state index is 12.9. The lowest BCUT2D eigenvalue weighted by Gasteiger charge is -2.38. The van der Waals surface area contributed by atoms with Crippen molar-refractivity contribution in [2.45, 2.75) is 51.4 Å². The summed E-state index contributed by atoms with van der Waals surface area (Å²) < 4.78 is 8.26. The minimum atomic E-state index is -1.13. The van der Waals surface area contributed by atoms with Gasteiger partial charge in [0.1, 0.15) is 11.9 Å². The lowest BCUT2D eigenvalue weighted by molar-refractivity contribution is -0.0419. The first-order valence-corrected chi connectivity index (χ1v) is 10.2. The summed E-state index contributed by atoms with van der Waals surface area (Å²) in [5, 5.41) is 19.1. The number of nitrogens with zero attached hydrogens (tertiary/aromatic N) is 6. The molecule has 0 atom stereocenters. The maximum atomic E-state index is 12.9. The molecule has 4 rings (SSSR count). The largest absolute Gasteiger partial charge is 0.444 e. The van der Waals surface area contributed by atoms with Gasteiger partial charge in [-0.05, 0) is 45.7 Å². The SMILES string of the molecule is CC(C)(C)OC(=O)N1CCC(O)(Cn2cnc3c(nnn3-c3ccccc3)c2=O)CC1. The molecular formula is C21H26N6O4. The zero-order valence-electron chi connectivity index (χ0n) is 17.9. The monoisotopic (exact) mass is 426 g/mol. The summed E-state index contributed by atoms with van der Waals surface area (Å²) in [6.07, 6.45) is 1.67. The number of fused-ring (bicyclic) bond motifs is 1. The van der Waals surface area contributed by atoms with E-state index >= 15 is 0 Å². The molecule has 1 aromatic carbocycles. The minimum absolute atomic E-state index is 0.0646. The van der Waals surface area contributed by atoms with E-state index in [0.29, 0.717) is 31.6 Å². The Morgan fingerprint density at radius 1 is 1.19 bits per heavy atom. The lowest BCUT2D eigenvalue weighted by Crippen LogP contribution is -2.50. The van der Waals surface area contributed by atoms with Crippen LogP contribution in [0.2, 0.25) is 0 Å². The van der Waals surface area contributed by atoms with Gasteiger partial charge in [0.2, 0.25) is 0 Å². The molecule has 0 saturated carbocycles. The van der Waals surface area contributed by atoms with E-state index in [1.165, 1.54) is 15.6 Å². The van der Waals surface area contributed by atoms with Crippen molar-refractivity contribution in [1.82, 2.24) is 29.4 Å². The molecule has 1 amide bonds. The molecule has 31 heavy (non-hydrogen) atoms. The van der Waals surface area contributed by atoms with Crippen LogP contribution < -0.4 is 5.56 Å². The summed E-state index contributed by atoms with van der Waals surface area (Å²) in [6.45, 7) is 6.20. The number of aliphatic hydroxyl groups is 1. The van der Waals surface area contributed by atoms with Crippen molar-refractivity contribution in [3.8, 4) is 5.69 Å². The number of carbonyl (C=O) groups excluding carboxylic acids is 1. The molecule has 3 heterocycles. The number of para-hydroxylation sites is 1. The van der Waals surface area contributed by atoms with Crippen LogP contribution in [0.3, 0.4) is 0 Å². The third kappa shape index (κ3) is 4.43. The first-order chi connectivity index (χ1) is 14.7. The normalized spacial score (nSPS) is 16.5. The van der Waals surface area contributed by atoms with E-state index in [0.717, 1.165) is 5.69 Å². The second-order valence-corrected chi connectivity index (χ2v) is 8.88. The highest BCUT2D eigenvalue weighted by Gasteiger charge is 2.36. The topological polar surface area (TPSA) is 115 Å². The standard InChI is InChI=1S/C21H26N6O4/c1-20(2,3)31-19(29)25-11-9-21(30,10-12-25)13-26-14-22-17-16(18(26)28)23-24-27(17)15-7-5-4-6-8-15/h4-8,14,30H,9-13H2,1-3H3. The van der Waals surface area contributed by atoms with Crippen LogP contribution >= 0.6 is 0 Å². The highest BCUT2D eigenvalue weighted by Crippen LogP contribution is 2.25. The van der Waals surface area contributed by atoms with Crippen LogP contribution in [0, 0.1) is 0 Å². The second-order valence-electron chi connectivity index (χ2n) is 8.88. The number of ether oxygens (including phenoxy) is 1. The highest BCUT2D eigenvalue weighted by atomic mass is 16.6. The number of likely N-dealkylation sites (tertiary alicyclic amines) is 1. The number of benzene rings is 1. The summed E-state index contributed by atoms with van der Waals surface area (Å²) in [7, 11) is 0. The van der Waals surface area contributed by atoms with Crippen LogP contribution in [-0.4, -0.2) is 64.9 Å². The smallest absolute Gasteiger partial charge is 0.410 e. The van der Waals surface area contributed by atoms with Crippen molar-refractivity contribution in [1.29, 1.82) is 0 Å². The summed E-state index contributed by atoms with van der Waals surface area (Å²) >= 11 is 0. The molecule has 0 spiro atoms. The number of hydrogen-bond donors (Lipinski definition) is 1. The van der Waals surface area contributed by atoms with Crippen molar-refractivity contribution < 1.29 is 14.6 Å². The average molecular weight is 426 g/mol. The molecule has 164 valence electrons. The fraction of sp³-hybridized carbons (Fsp3) is 0.476. The van der Waals surface area contributed by atoms with Gasteiger partial charge >= 0.3 is 6.09 Å². The molecule has 1 N–H and O–H groups in total. The Balaban J connectivity index is 1.50. The number of piperidine rings is 1. The number of rotatable bonds is 3. The summed E-state index contributed by atoms with van der Waals surface area (Å²) in [6, 6.07) is 9.31. The first kappa shape index (κ1) is 21.0. The molecule has 0 radical (unpaired) electrons. The molecule has 1 fully saturated rings. The van der Waals surface area contributed by atoms with Gasteiger partial charge in [0.25, 0.3) is 5.56 Å². The van der Waals surface area contributed by atoms with Crippen LogP contribution in [0.1, 0.15) is 33.6 Å². The Bertz CT molecular complexity index is 1140. The summed E-state index contributed by atoms with van der Waals surface area (Å²) in [4.78, 5) is 31.1. The van der Waals surface area contributed by atoms with Crippen molar-refractivity contribution in [3.05, 3.63) is 47.0 Å². The Kier molecular flexibility index (Phi) is 5.26. The summed E-state index contributed by atoms with van der Waals surface area (Å²) in [5.41, 5.74) is -0.818. The minimum Gasteiger partial charge on any atom is -0.444 e. The van der Waals surface area contributed by atoms with Crippen LogP contribution in [0.15, 0.2) is 41.5 Å². The van der Waals surface area contributed by atoms with Gasteiger partial charge in [0.05, 0.1) is 17.8 Å². The van der Waals surface area contributed by atoms with E-state index in [9.17, 15) is 14.7 Å². The third-order valence-electron chi connectivity index (χ3n) is 5.24. The summed E-state index contributed by atoms with van der Waals surface area (Å²) in [5.74, 6) is 0. The van der Waals surface area contributed by atoms with E-state index < -0.39 is 17.3 Å². The molecule has 10 heteroatoms. The van der Waals surface area contributed by atoms with Gasteiger partial charge in [0.15, 0.2) is 11.2 Å². The van der Waals surface area contributed by atoms with Crippen molar-refractivity contribution in [2.75, 3.05) is 13.1 Å². The van der Waals surface area contributed by atoms with Gasteiger partial charge in [-0.3, -0.25) is 9.36 Å². The average Bonchev–Trinajstić information content (AvgIpc) is 3.15. The number of amides is 1. The molecule has 0 unspecified atom stereocenters. The predicted octanol–water partition coefficient (Wildman–Crippen LogP) is 1.74. The molecule has 1 saturated heterocycles. The van der Waals surface area contributed by atoms with Crippen molar-refractivity contribution in [2.24, 2.45) is 0 Å². The molecule has 0 aliphatic carbocycles. The first-order valence-electron chi connectivity index (χ1n) is 10.2. The molecule has 1 aliphatic heterocycles. The van der Waals surface area contributed by atoms with Gasteiger partial charge in [0, 0.05) is 13.1 Å². The molecule has 10 nitrogen and oxygen atoms in total. The van der Waals surface area contributed by atoms with Crippen molar-refractivity contribution in [3.63, 3.8) is 0 Å². The van der Waals surface area contributed by atoms with Crippen LogP contribution in [-0.2, 0) is 11.3 Å². The number of aromatic nitrogens is 5. The second kappa shape index (κ2) is 7.77.